The van der Waals surface area contributed by atoms with E-state index in [2.05, 4.69) is 32.7 Å². The zero-order chi connectivity index (χ0) is 10.3. The second kappa shape index (κ2) is 6.68. The SMILES string of the molecule is CCSCCN(C)CC(C)(C)CN. The van der Waals surface area contributed by atoms with Gasteiger partial charge in [0.05, 0.1) is 0 Å². The van der Waals surface area contributed by atoms with Crippen molar-refractivity contribution in [3.05, 3.63) is 0 Å². The lowest BCUT2D eigenvalue weighted by Crippen LogP contribution is -2.37. The third kappa shape index (κ3) is 7.35. The van der Waals surface area contributed by atoms with Crippen molar-refractivity contribution in [2.24, 2.45) is 11.1 Å². The molecule has 0 aromatic carbocycles. The summed E-state index contributed by atoms with van der Waals surface area (Å²) in [5, 5.41) is 0. The van der Waals surface area contributed by atoms with Gasteiger partial charge in [0.2, 0.25) is 0 Å². The summed E-state index contributed by atoms with van der Waals surface area (Å²) in [4.78, 5) is 2.37. The maximum Gasteiger partial charge on any atom is 0.00695 e. The van der Waals surface area contributed by atoms with Crippen molar-refractivity contribution in [1.29, 1.82) is 0 Å². The van der Waals surface area contributed by atoms with Crippen molar-refractivity contribution in [2.45, 2.75) is 20.8 Å². The van der Waals surface area contributed by atoms with Gasteiger partial charge in [0.15, 0.2) is 0 Å². The van der Waals surface area contributed by atoms with Gasteiger partial charge in [-0.05, 0) is 24.8 Å². The van der Waals surface area contributed by atoms with Crippen LogP contribution in [0.4, 0.5) is 0 Å². The minimum absolute atomic E-state index is 0.256. The van der Waals surface area contributed by atoms with Crippen LogP contribution in [0.5, 0.6) is 0 Å². The minimum atomic E-state index is 0.256. The highest BCUT2D eigenvalue weighted by Gasteiger charge is 2.17. The van der Waals surface area contributed by atoms with E-state index in [4.69, 9.17) is 5.73 Å². The van der Waals surface area contributed by atoms with E-state index in [-0.39, 0.29) is 5.41 Å². The molecule has 0 aliphatic rings. The van der Waals surface area contributed by atoms with E-state index in [0.29, 0.717) is 0 Å². The highest BCUT2D eigenvalue weighted by Crippen LogP contribution is 2.13. The smallest absolute Gasteiger partial charge is 0.00695 e. The first-order chi connectivity index (χ1) is 6.02. The molecule has 0 rings (SSSR count). The van der Waals surface area contributed by atoms with Crippen LogP contribution >= 0.6 is 11.8 Å². The molecule has 0 aliphatic heterocycles. The average Bonchev–Trinajstić information content (AvgIpc) is 2.04. The van der Waals surface area contributed by atoms with Gasteiger partial charge in [0, 0.05) is 18.8 Å². The summed E-state index contributed by atoms with van der Waals surface area (Å²) >= 11 is 2.00. The Labute approximate surface area is 87.2 Å². The van der Waals surface area contributed by atoms with Crippen LogP contribution in [0.3, 0.4) is 0 Å². The molecule has 0 aromatic heterocycles. The van der Waals surface area contributed by atoms with Crippen LogP contribution in [0.25, 0.3) is 0 Å². The van der Waals surface area contributed by atoms with E-state index in [1.54, 1.807) is 0 Å². The second-order valence-corrected chi connectivity index (χ2v) is 5.70. The normalized spacial score (nSPS) is 12.5. The molecule has 0 saturated carbocycles. The van der Waals surface area contributed by atoms with Crippen LogP contribution in [0, 0.1) is 5.41 Å². The maximum atomic E-state index is 5.68. The molecular weight excluding hydrogens is 180 g/mol. The molecule has 3 heteroatoms. The van der Waals surface area contributed by atoms with Crippen LogP contribution in [0.1, 0.15) is 20.8 Å². The molecule has 0 amide bonds. The molecular formula is C10H24N2S. The zero-order valence-corrected chi connectivity index (χ0v) is 10.3. The van der Waals surface area contributed by atoms with Crippen LogP contribution < -0.4 is 5.73 Å². The fourth-order valence-corrected chi connectivity index (χ4v) is 1.97. The summed E-state index contributed by atoms with van der Waals surface area (Å²) in [5.74, 6) is 2.45. The molecule has 80 valence electrons. The summed E-state index contributed by atoms with van der Waals surface area (Å²) < 4.78 is 0. The Balaban J connectivity index is 3.55. The molecule has 0 aliphatic carbocycles. The summed E-state index contributed by atoms with van der Waals surface area (Å²) in [7, 11) is 2.17. The Kier molecular flexibility index (Phi) is 6.82. The van der Waals surface area contributed by atoms with Gasteiger partial charge in [0.1, 0.15) is 0 Å². The van der Waals surface area contributed by atoms with Gasteiger partial charge >= 0.3 is 0 Å². The lowest BCUT2D eigenvalue weighted by Gasteiger charge is -2.28. The predicted molar refractivity (Wildman–Crippen MR) is 63.3 cm³/mol. The monoisotopic (exact) mass is 204 g/mol. The van der Waals surface area contributed by atoms with Gasteiger partial charge in [-0.2, -0.15) is 11.8 Å². The summed E-state index contributed by atoms with van der Waals surface area (Å²) in [6.45, 7) is 9.66. The van der Waals surface area contributed by atoms with E-state index in [9.17, 15) is 0 Å². The van der Waals surface area contributed by atoms with Crippen molar-refractivity contribution >= 4 is 11.8 Å². The molecule has 2 nitrogen and oxygen atoms in total. The minimum Gasteiger partial charge on any atom is -0.330 e. The van der Waals surface area contributed by atoms with Gasteiger partial charge < -0.3 is 10.6 Å². The molecule has 0 heterocycles. The van der Waals surface area contributed by atoms with E-state index >= 15 is 0 Å². The first-order valence-electron chi connectivity index (χ1n) is 4.98. The Morgan fingerprint density at radius 2 is 2.00 bits per heavy atom. The average molecular weight is 204 g/mol. The van der Waals surface area contributed by atoms with Crippen LogP contribution in [0.15, 0.2) is 0 Å². The van der Waals surface area contributed by atoms with Gasteiger partial charge in [-0.25, -0.2) is 0 Å². The van der Waals surface area contributed by atoms with Gasteiger partial charge in [0.25, 0.3) is 0 Å². The number of rotatable bonds is 7. The van der Waals surface area contributed by atoms with E-state index in [1.165, 1.54) is 18.1 Å². The fourth-order valence-electron chi connectivity index (χ4n) is 1.24. The summed E-state index contributed by atoms with van der Waals surface area (Å²) in [6, 6.07) is 0. The van der Waals surface area contributed by atoms with Crippen molar-refractivity contribution in [3.63, 3.8) is 0 Å². The van der Waals surface area contributed by atoms with E-state index < -0.39 is 0 Å². The molecule has 0 unspecified atom stereocenters. The van der Waals surface area contributed by atoms with Gasteiger partial charge in [-0.3, -0.25) is 0 Å². The molecule has 2 N–H and O–H groups in total. The van der Waals surface area contributed by atoms with Crippen molar-refractivity contribution < 1.29 is 0 Å². The summed E-state index contributed by atoms with van der Waals surface area (Å²) in [5.41, 5.74) is 5.93. The van der Waals surface area contributed by atoms with Gasteiger partial charge in [-0.15, -0.1) is 0 Å². The first kappa shape index (κ1) is 13.3. The standard InChI is InChI=1S/C10H24N2S/c1-5-13-7-6-12(4)9-10(2,3)8-11/h5-9,11H2,1-4H3. The number of nitrogens with two attached hydrogens (primary N) is 1. The second-order valence-electron chi connectivity index (χ2n) is 4.30. The molecule has 13 heavy (non-hydrogen) atoms. The van der Waals surface area contributed by atoms with Crippen molar-refractivity contribution in [2.75, 3.05) is 38.2 Å². The topological polar surface area (TPSA) is 29.3 Å². The Bertz CT molecular complexity index is 126. The Hall–Kier alpha value is 0.270. The third-order valence-electron chi connectivity index (χ3n) is 2.07. The molecule has 0 radical (unpaired) electrons. The lowest BCUT2D eigenvalue weighted by atomic mass is 9.93. The fraction of sp³-hybridized carbons (Fsp3) is 1.00. The number of hydrogen-bond donors (Lipinski definition) is 1. The number of nitrogens with zero attached hydrogens (tertiary/aromatic N) is 1. The first-order valence-corrected chi connectivity index (χ1v) is 6.13. The lowest BCUT2D eigenvalue weighted by molar-refractivity contribution is 0.225. The number of thioether (sulfide) groups is 1. The molecule has 0 aromatic rings. The molecule has 0 fully saturated rings. The molecule has 0 bridgehead atoms. The highest BCUT2D eigenvalue weighted by atomic mass is 32.2. The predicted octanol–water partition coefficient (Wildman–Crippen LogP) is 1.66. The molecule has 0 atom stereocenters. The quantitative estimate of drug-likeness (QED) is 0.640. The Morgan fingerprint density at radius 3 is 2.46 bits per heavy atom. The molecule has 0 saturated heterocycles. The van der Waals surface area contributed by atoms with E-state index in [1.807, 2.05) is 11.8 Å². The largest absolute Gasteiger partial charge is 0.330 e. The maximum absolute atomic E-state index is 5.68. The van der Waals surface area contributed by atoms with Crippen LogP contribution in [0.2, 0.25) is 0 Å². The van der Waals surface area contributed by atoms with Crippen LogP contribution in [-0.4, -0.2) is 43.1 Å². The third-order valence-corrected chi connectivity index (χ3v) is 2.95. The van der Waals surface area contributed by atoms with Crippen LogP contribution in [-0.2, 0) is 0 Å². The highest BCUT2D eigenvalue weighted by molar-refractivity contribution is 7.99. The van der Waals surface area contributed by atoms with Gasteiger partial charge in [-0.1, -0.05) is 20.8 Å². The zero-order valence-electron chi connectivity index (χ0n) is 9.47. The Morgan fingerprint density at radius 1 is 1.38 bits per heavy atom. The molecule has 0 spiro atoms. The summed E-state index contributed by atoms with van der Waals surface area (Å²) in [6.07, 6.45) is 0. The van der Waals surface area contributed by atoms with Crippen molar-refractivity contribution in [3.8, 4) is 0 Å². The number of hydrogen-bond acceptors (Lipinski definition) is 3. The van der Waals surface area contributed by atoms with Crippen molar-refractivity contribution in [1.82, 2.24) is 4.90 Å². The van der Waals surface area contributed by atoms with E-state index in [0.717, 1.165) is 13.1 Å².